The van der Waals surface area contributed by atoms with Gasteiger partial charge in [-0.1, -0.05) is 48.3 Å². The molecule has 0 spiro atoms. The van der Waals surface area contributed by atoms with Gasteiger partial charge >= 0.3 is 0 Å². The molecule has 1 amide bonds. The fraction of sp³-hybridized carbons (Fsp3) is 0.318. The van der Waals surface area contributed by atoms with Gasteiger partial charge in [-0.25, -0.2) is 0 Å². The van der Waals surface area contributed by atoms with E-state index in [-0.39, 0.29) is 12.5 Å². The van der Waals surface area contributed by atoms with E-state index in [1.807, 2.05) is 54.6 Å². The number of aromatic nitrogens is 2. The zero-order valence-electron chi connectivity index (χ0n) is 15.9. The number of nitrogens with one attached hydrogen (secondary N) is 1. The van der Waals surface area contributed by atoms with Gasteiger partial charge in [0.1, 0.15) is 5.75 Å². The maximum atomic E-state index is 13.1. The van der Waals surface area contributed by atoms with Crippen LogP contribution in [0, 0.1) is 0 Å². The molecule has 1 aliphatic carbocycles. The Morgan fingerprint density at radius 3 is 2.50 bits per heavy atom. The third kappa shape index (κ3) is 3.50. The van der Waals surface area contributed by atoms with E-state index in [1.165, 1.54) is 0 Å². The Hall–Kier alpha value is -3.15. The maximum Gasteiger partial charge on any atom is 0.246 e. The van der Waals surface area contributed by atoms with E-state index in [2.05, 4.69) is 15.5 Å². The minimum Gasteiger partial charge on any atom is -0.497 e. The highest BCUT2D eigenvalue weighted by atomic mass is 16.5. The molecule has 1 heterocycles. The molecule has 0 radical (unpaired) electrons. The molecule has 0 saturated heterocycles. The van der Waals surface area contributed by atoms with Crippen LogP contribution in [0.15, 0.2) is 59.1 Å². The molecule has 1 aromatic heterocycles. The molecular formula is C22H23N3O3. The number of methoxy groups -OCH3 is 1. The van der Waals surface area contributed by atoms with Crippen LogP contribution in [0.2, 0.25) is 0 Å². The molecule has 6 heteroatoms. The van der Waals surface area contributed by atoms with Crippen molar-refractivity contribution in [2.75, 3.05) is 7.11 Å². The van der Waals surface area contributed by atoms with Crippen molar-refractivity contribution in [1.82, 2.24) is 15.5 Å². The molecule has 1 fully saturated rings. The summed E-state index contributed by atoms with van der Waals surface area (Å²) in [6.07, 6.45) is 3.85. The second-order valence-corrected chi connectivity index (χ2v) is 7.08. The first-order valence-electron chi connectivity index (χ1n) is 9.52. The molecule has 0 bridgehead atoms. The molecule has 1 saturated carbocycles. The fourth-order valence-electron chi connectivity index (χ4n) is 3.89. The van der Waals surface area contributed by atoms with Crippen LogP contribution >= 0.6 is 0 Å². The van der Waals surface area contributed by atoms with Crippen LogP contribution in [-0.4, -0.2) is 23.2 Å². The zero-order chi connectivity index (χ0) is 19.4. The summed E-state index contributed by atoms with van der Waals surface area (Å²) in [5.74, 6) is 1.67. The van der Waals surface area contributed by atoms with E-state index in [4.69, 9.17) is 9.26 Å². The number of nitrogens with zero attached hydrogens (tertiary/aromatic N) is 2. The number of ether oxygens (including phenoxy) is 1. The standard InChI is InChI=1S/C22H23N3O3/c1-27-18-11-9-16(10-12-18)20-24-19(28-25-20)15-23-21(26)22(13-5-6-14-22)17-7-3-2-4-8-17/h2-4,7-12H,5-6,13-15H2,1H3,(H,23,26). The molecule has 3 aromatic rings. The summed E-state index contributed by atoms with van der Waals surface area (Å²) in [7, 11) is 1.62. The molecular weight excluding hydrogens is 354 g/mol. The van der Waals surface area contributed by atoms with Gasteiger partial charge in [-0.3, -0.25) is 4.79 Å². The number of hydrogen-bond acceptors (Lipinski definition) is 5. The van der Waals surface area contributed by atoms with E-state index >= 15 is 0 Å². The lowest BCUT2D eigenvalue weighted by Crippen LogP contribution is -2.42. The summed E-state index contributed by atoms with van der Waals surface area (Å²) in [4.78, 5) is 17.5. The highest BCUT2D eigenvalue weighted by Gasteiger charge is 2.42. The Balaban J connectivity index is 1.45. The zero-order valence-corrected chi connectivity index (χ0v) is 15.9. The summed E-state index contributed by atoms with van der Waals surface area (Å²) >= 11 is 0. The van der Waals surface area contributed by atoms with Crippen molar-refractivity contribution < 1.29 is 14.1 Å². The number of benzene rings is 2. The molecule has 0 atom stereocenters. The van der Waals surface area contributed by atoms with E-state index in [0.717, 1.165) is 42.6 Å². The summed E-state index contributed by atoms with van der Waals surface area (Å²) in [5.41, 5.74) is 1.45. The lowest BCUT2D eigenvalue weighted by Gasteiger charge is -2.28. The van der Waals surface area contributed by atoms with E-state index in [9.17, 15) is 4.79 Å². The monoisotopic (exact) mass is 377 g/mol. The first-order chi connectivity index (χ1) is 13.7. The normalized spacial score (nSPS) is 15.3. The van der Waals surface area contributed by atoms with Crippen LogP contribution < -0.4 is 10.1 Å². The summed E-state index contributed by atoms with van der Waals surface area (Å²) in [6, 6.07) is 17.5. The van der Waals surface area contributed by atoms with Gasteiger partial charge in [-0.2, -0.15) is 4.98 Å². The SMILES string of the molecule is COc1ccc(-c2noc(CNC(=O)C3(c4ccccc4)CCCC3)n2)cc1. The molecule has 144 valence electrons. The van der Waals surface area contributed by atoms with Crippen molar-refractivity contribution >= 4 is 5.91 Å². The van der Waals surface area contributed by atoms with Crippen molar-refractivity contribution in [3.8, 4) is 17.1 Å². The first kappa shape index (κ1) is 18.2. The summed E-state index contributed by atoms with van der Waals surface area (Å²) in [6.45, 7) is 0.219. The van der Waals surface area contributed by atoms with Gasteiger partial charge < -0.3 is 14.6 Å². The Morgan fingerprint density at radius 1 is 1.11 bits per heavy atom. The first-order valence-corrected chi connectivity index (χ1v) is 9.52. The predicted octanol–water partition coefficient (Wildman–Crippen LogP) is 3.87. The molecule has 6 nitrogen and oxygen atoms in total. The highest BCUT2D eigenvalue weighted by molar-refractivity contribution is 5.88. The van der Waals surface area contributed by atoms with E-state index < -0.39 is 5.41 Å². The third-order valence-corrected chi connectivity index (χ3v) is 5.43. The Kier molecular flexibility index (Phi) is 5.10. The van der Waals surface area contributed by atoms with Crippen LogP contribution in [0.3, 0.4) is 0 Å². The maximum absolute atomic E-state index is 13.1. The molecule has 28 heavy (non-hydrogen) atoms. The Bertz CT molecular complexity index is 929. The van der Waals surface area contributed by atoms with Crippen LogP contribution in [0.1, 0.15) is 37.1 Å². The van der Waals surface area contributed by atoms with E-state index in [0.29, 0.717) is 11.7 Å². The van der Waals surface area contributed by atoms with Gasteiger partial charge in [-0.05, 0) is 42.7 Å². The second kappa shape index (κ2) is 7.84. The molecule has 2 aromatic carbocycles. The number of carbonyl (C=O) groups is 1. The molecule has 1 aliphatic rings. The quantitative estimate of drug-likeness (QED) is 0.705. The topological polar surface area (TPSA) is 77.3 Å². The lowest BCUT2D eigenvalue weighted by atomic mass is 9.78. The van der Waals surface area contributed by atoms with Crippen molar-refractivity contribution in [3.63, 3.8) is 0 Å². The van der Waals surface area contributed by atoms with Crippen molar-refractivity contribution in [2.45, 2.75) is 37.6 Å². The predicted molar refractivity (Wildman–Crippen MR) is 105 cm³/mol. The number of rotatable bonds is 6. The van der Waals surface area contributed by atoms with Crippen molar-refractivity contribution in [3.05, 3.63) is 66.1 Å². The van der Waals surface area contributed by atoms with Gasteiger partial charge in [0.05, 0.1) is 19.1 Å². The second-order valence-electron chi connectivity index (χ2n) is 7.08. The van der Waals surface area contributed by atoms with Crippen LogP contribution in [0.25, 0.3) is 11.4 Å². The third-order valence-electron chi connectivity index (χ3n) is 5.43. The van der Waals surface area contributed by atoms with Crippen molar-refractivity contribution in [1.29, 1.82) is 0 Å². The molecule has 4 rings (SSSR count). The van der Waals surface area contributed by atoms with Crippen molar-refractivity contribution in [2.24, 2.45) is 0 Å². The average molecular weight is 377 g/mol. The smallest absolute Gasteiger partial charge is 0.246 e. The fourth-order valence-corrected chi connectivity index (χ4v) is 3.89. The Labute approximate surface area is 163 Å². The molecule has 1 N–H and O–H groups in total. The van der Waals surface area contributed by atoms with Gasteiger partial charge in [0.2, 0.25) is 17.6 Å². The number of amides is 1. The highest BCUT2D eigenvalue weighted by Crippen LogP contribution is 2.41. The van der Waals surface area contributed by atoms with Crippen LogP contribution in [0.4, 0.5) is 0 Å². The average Bonchev–Trinajstić information content (AvgIpc) is 3.43. The lowest BCUT2D eigenvalue weighted by molar-refractivity contribution is -0.127. The molecule has 0 unspecified atom stereocenters. The minimum absolute atomic E-state index is 0.0281. The van der Waals surface area contributed by atoms with Crippen LogP contribution in [-0.2, 0) is 16.8 Å². The summed E-state index contributed by atoms with van der Waals surface area (Å²) in [5, 5.41) is 7.02. The van der Waals surface area contributed by atoms with Crippen LogP contribution in [0.5, 0.6) is 5.75 Å². The number of carbonyl (C=O) groups excluding carboxylic acids is 1. The largest absolute Gasteiger partial charge is 0.497 e. The Morgan fingerprint density at radius 2 is 1.82 bits per heavy atom. The van der Waals surface area contributed by atoms with Gasteiger partial charge in [0.15, 0.2) is 0 Å². The van der Waals surface area contributed by atoms with Gasteiger partial charge in [0.25, 0.3) is 0 Å². The minimum atomic E-state index is -0.458. The van der Waals surface area contributed by atoms with E-state index in [1.54, 1.807) is 7.11 Å². The molecule has 0 aliphatic heterocycles. The van der Waals surface area contributed by atoms with Gasteiger partial charge in [0, 0.05) is 5.56 Å². The summed E-state index contributed by atoms with van der Waals surface area (Å²) < 4.78 is 10.5. The van der Waals surface area contributed by atoms with Gasteiger partial charge in [-0.15, -0.1) is 0 Å². The number of hydrogen-bond donors (Lipinski definition) is 1.